The van der Waals surface area contributed by atoms with E-state index in [1.54, 1.807) is 0 Å². The molecule has 0 unspecified atom stereocenters. The first-order valence-electron chi connectivity index (χ1n) is 8.89. The lowest BCUT2D eigenvalue weighted by Crippen LogP contribution is -2.08. The van der Waals surface area contributed by atoms with Crippen LogP contribution < -0.4 is 5.73 Å². The first-order valence-corrected chi connectivity index (χ1v) is 8.89. The van der Waals surface area contributed by atoms with Crippen molar-refractivity contribution < 1.29 is 13.9 Å². The summed E-state index contributed by atoms with van der Waals surface area (Å²) in [6, 6.07) is 10.6. The van der Waals surface area contributed by atoms with Crippen molar-refractivity contribution in [2.75, 3.05) is 5.73 Å². The van der Waals surface area contributed by atoms with Crippen LogP contribution in [0.5, 0.6) is 5.75 Å². The van der Waals surface area contributed by atoms with Crippen LogP contribution in [0.2, 0.25) is 0 Å². The van der Waals surface area contributed by atoms with E-state index in [9.17, 15) is 13.9 Å². The summed E-state index contributed by atoms with van der Waals surface area (Å²) in [7, 11) is 0. The summed E-state index contributed by atoms with van der Waals surface area (Å²) in [5.41, 5.74) is 10.2. The zero-order valence-electron chi connectivity index (χ0n) is 15.1. The van der Waals surface area contributed by atoms with Gasteiger partial charge in [-0.3, -0.25) is 0 Å². The van der Waals surface area contributed by atoms with Crippen LogP contribution in [-0.2, 0) is 12.8 Å². The minimum absolute atomic E-state index is 0. The second kappa shape index (κ2) is 7.00. The van der Waals surface area contributed by atoms with E-state index in [1.807, 2.05) is 22.9 Å². The van der Waals surface area contributed by atoms with Gasteiger partial charge in [0.2, 0.25) is 0 Å². The molecule has 0 aliphatic heterocycles. The Bertz CT molecular complexity index is 1190. The van der Waals surface area contributed by atoms with Crippen LogP contribution in [0, 0.1) is 11.6 Å². The molecule has 0 saturated carbocycles. The molecular weight excluding hydrogens is 398 g/mol. The van der Waals surface area contributed by atoms with Gasteiger partial charge in [0.15, 0.2) is 17.4 Å². The molecule has 1 aliphatic rings. The summed E-state index contributed by atoms with van der Waals surface area (Å²) >= 11 is 0. The molecule has 2 aromatic carbocycles. The van der Waals surface area contributed by atoms with Gasteiger partial charge < -0.3 is 15.4 Å². The van der Waals surface area contributed by atoms with E-state index in [0.717, 1.165) is 18.9 Å². The molecule has 8 heteroatoms. The minimum atomic E-state index is -1.28. The number of nitrogens with zero attached hydrogens (tertiary/aromatic N) is 3. The third-order valence-electron chi connectivity index (χ3n) is 5.38. The lowest BCUT2D eigenvalue weighted by molar-refractivity contribution is 0.407. The Morgan fingerprint density at radius 2 is 1.76 bits per heavy atom. The van der Waals surface area contributed by atoms with Gasteiger partial charge in [-0.25, -0.2) is 14.4 Å². The third kappa shape index (κ3) is 2.98. The molecule has 4 aromatic rings. The Kier molecular flexibility index (Phi) is 4.62. The Hall–Kier alpha value is -3.19. The first-order chi connectivity index (χ1) is 13.5. The van der Waals surface area contributed by atoms with E-state index in [4.69, 9.17) is 5.73 Å². The fourth-order valence-electron chi connectivity index (χ4n) is 4.07. The molecule has 0 fully saturated rings. The second-order valence-corrected chi connectivity index (χ2v) is 7.03. The second-order valence-electron chi connectivity index (χ2n) is 7.03. The molecule has 29 heavy (non-hydrogen) atoms. The van der Waals surface area contributed by atoms with E-state index in [1.165, 1.54) is 23.5 Å². The van der Waals surface area contributed by atoms with E-state index in [-0.39, 0.29) is 24.3 Å². The number of fused-ring (bicyclic) bond motifs is 2. The van der Waals surface area contributed by atoms with Crippen molar-refractivity contribution in [2.45, 2.75) is 18.9 Å². The Balaban J connectivity index is 0.00000205. The molecule has 2 heterocycles. The van der Waals surface area contributed by atoms with Crippen LogP contribution in [-0.4, -0.2) is 19.6 Å². The molecule has 3 N–H and O–H groups in total. The van der Waals surface area contributed by atoms with Gasteiger partial charge in [-0.15, -0.1) is 12.4 Å². The lowest BCUT2D eigenvalue weighted by Gasteiger charge is -2.12. The molecule has 0 bridgehead atoms. The fraction of sp³-hybridized carbons (Fsp3) is 0.143. The predicted octanol–water partition coefficient (Wildman–Crippen LogP) is 4.43. The highest BCUT2D eigenvalue weighted by Gasteiger charge is 2.26. The summed E-state index contributed by atoms with van der Waals surface area (Å²) in [4.78, 5) is 8.46. The van der Waals surface area contributed by atoms with Crippen molar-refractivity contribution in [1.29, 1.82) is 0 Å². The number of hydrogen-bond acceptors (Lipinski definition) is 4. The van der Waals surface area contributed by atoms with Gasteiger partial charge in [-0.2, -0.15) is 4.39 Å². The van der Waals surface area contributed by atoms with Gasteiger partial charge in [-0.1, -0.05) is 24.3 Å². The Morgan fingerprint density at radius 1 is 1.07 bits per heavy atom. The van der Waals surface area contributed by atoms with Gasteiger partial charge in [-0.05, 0) is 41.7 Å². The van der Waals surface area contributed by atoms with Crippen molar-refractivity contribution in [2.24, 2.45) is 0 Å². The molecule has 0 radical (unpaired) electrons. The molecule has 0 amide bonds. The summed E-state index contributed by atoms with van der Waals surface area (Å²) in [5.74, 6) is -2.90. The molecule has 148 valence electrons. The maximum atomic E-state index is 13.9. The standard InChI is InChI=1S/C21H16F2N4O.ClH/c22-16-7-13(8-17(28)19(16)23)15-9-27(21-18(15)20(24)25-10-26-21)14-5-11-3-1-2-4-12(11)6-14;/h1-4,7-10,14,28H,5-6H2,(H2,24,25,26);1H. The van der Waals surface area contributed by atoms with Crippen molar-refractivity contribution >= 4 is 29.3 Å². The number of phenols is 1. The maximum Gasteiger partial charge on any atom is 0.200 e. The van der Waals surface area contributed by atoms with Crippen molar-refractivity contribution in [3.05, 3.63) is 71.7 Å². The number of benzene rings is 2. The van der Waals surface area contributed by atoms with Crippen molar-refractivity contribution in [1.82, 2.24) is 14.5 Å². The maximum absolute atomic E-state index is 13.9. The van der Waals surface area contributed by atoms with Gasteiger partial charge >= 0.3 is 0 Å². The van der Waals surface area contributed by atoms with E-state index in [0.29, 0.717) is 22.2 Å². The van der Waals surface area contributed by atoms with Gasteiger partial charge in [0.25, 0.3) is 0 Å². The Morgan fingerprint density at radius 3 is 2.41 bits per heavy atom. The molecule has 2 aromatic heterocycles. The molecule has 0 spiro atoms. The number of phenolic OH excluding ortho intramolecular Hbond substituents is 1. The van der Waals surface area contributed by atoms with E-state index >= 15 is 0 Å². The lowest BCUT2D eigenvalue weighted by atomic mass is 10.1. The van der Waals surface area contributed by atoms with Gasteiger partial charge in [0, 0.05) is 17.8 Å². The fourth-order valence-corrected chi connectivity index (χ4v) is 4.07. The van der Waals surface area contributed by atoms with Crippen LogP contribution in [0.4, 0.5) is 14.6 Å². The predicted molar refractivity (Wildman–Crippen MR) is 109 cm³/mol. The first kappa shape index (κ1) is 19.1. The summed E-state index contributed by atoms with van der Waals surface area (Å²) in [5, 5.41) is 10.3. The monoisotopic (exact) mass is 414 g/mol. The van der Waals surface area contributed by atoms with Crippen molar-refractivity contribution in [3.8, 4) is 16.9 Å². The molecule has 5 rings (SSSR count). The Labute approximate surface area is 171 Å². The SMILES string of the molecule is Cl.Nc1ncnc2c1c(-c1cc(O)c(F)c(F)c1)cn2C1Cc2ccccc2C1. The molecule has 1 aliphatic carbocycles. The summed E-state index contributed by atoms with van der Waals surface area (Å²) < 4.78 is 29.5. The minimum Gasteiger partial charge on any atom is -0.505 e. The quantitative estimate of drug-likeness (QED) is 0.509. The molecule has 0 saturated heterocycles. The number of hydrogen-bond donors (Lipinski definition) is 2. The zero-order chi connectivity index (χ0) is 19.4. The zero-order valence-corrected chi connectivity index (χ0v) is 16.0. The number of rotatable bonds is 2. The molecule has 5 nitrogen and oxygen atoms in total. The number of nitrogen functional groups attached to an aromatic ring is 1. The number of anilines is 1. The number of aromatic nitrogens is 3. The van der Waals surface area contributed by atoms with E-state index in [2.05, 4.69) is 22.1 Å². The van der Waals surface area contributed by atoms with E-state index < -0.39 is 17.4 Å². The third-order valence-corrected chi connectivity index (χ3v) is 5.38. The average Bonchev–Trinajstić information content (AvgIpc) is 3.27. The number of halogens is 3. The largest absolute Gasteiger partial charge is 0.505 e. The topological polar surface area (TPSA) is 77.0 Å². The number of nitrogens with two attached hydrogens (primary N) is 1. The highest BCUT2D eigenvalue weighted by molar-refractivity contribution is 6.00. The van der Waals surface area contributed by atoms with Crippen LogP contribution in [0.25, 0.3) is 22.2 Å². The normalized spacial score (nSPS) is 13.4. The van der Waals surface area contributed by atoms with Crippen LogP contribution in [0.15, 0.2) is 48.9 Å². The number of aromatic hydroxyl groups is 1. The average molecular weight is 415 g/mol. The van der Waals surface area contributed by atoms with Crippen LogP contribution in [0.1, 0.15) is 17.2 Å². The van der Waals surface area contributed by atoms with Crippen molar-refractivity contribution in [3.63, 3.8) is 0 Å². The summed E-state index contributed by atoms with van der Waals surface area (Å²) in [6.45, 7) is 0. The molecule has 0 atom stereocenters. The highest BCUT2D eigenvalue weighted by Crippen LogP contribution is 2.39. The van der Waals surface area contributed by atoms with Crippen LogP contribution >= 0.6 is 12.4 Å². The highest BCUT2D eigenvalue weighted by atomic mass is 35.5. The molecular formula is C21H17ClF2N4O. The summed E-state index contributed by atoms with van der Waals surface area (Å²) in [6.07, 6.45) is 4.90. The smallest absolute Gasteiger partial charge is 0.200 e. The van der Waals surface area contributed by atoms with Gasteiger partial charge in [0.05, 0.1) is 5.39 Å². The van der Waals surface area contributed by atoms with Gasteiger partial charge in [0.1, 0.15) is 17.8 Å². The van der Waals surface area contributed by atoms with Crippen LogP contribution in [0.3, 0.4) is 0 Å².